The number of methoxy groups -OCH3 is 1. The topological polar surface area (TPSA) is 65.8 Å². The Morgan fingerprint density at radius 1 is 1.16 bits per heavy atom. The van der Waals surface area contributed by atoms with Crippen molar-refractivity contribution in [3.8, 4) is 5.75 Å². The highest BCUT2D eigenvalue weighted by atomic mass is 32.2. The van der Waals surface area contributed by atoms with Gasteiger partial charge in [0.1, 0.15) is 5.75 Å². The van der Waals surface area contributed by atoms with Gasteiger partial charge in [-0.25, -0.2) is 0 Å². The van der Waals surface area contributed by atoms with Crippen LogP contribution in [0.3, 0.4) is 0 Å². The first-order valence-corrected chi connectivity index (χ1v) is 14.0. The number of hydrogen-bond acceptors (Lipinski definition) is 6. The molecule has 9 heteroatoms. The van der Waals surface area contributed by atoms with Crippen LogP contribution in [0.15, 0.2) is 59.6 Å². The van der Waals surface area contributed by atoms with Crippen molar-refractivity contribution >= 4 is 22.7 Å². The average molecular weight is 549 g/mol. The van der Waals surface area contributed by atoms with E-state index in [0.29, 0.717) is 18.1 Å². The third kappa shape index (κ3) is 7.20. The number of nitrogens with zero attached hydrogens (tertiary/aromatic N) is 2. The van der Waals surface area contributed by atoms with Gasteiger partial charge in [-0.2, -0.15) is 13.2 Å². The van der Waals surface area contributed by atoms with Crippen molar-refractivity contribution in [2.45, 2.75) is 42.9 Å². The zero-order chi connectivity index (χ0) is 27.1. The van der Waals surface area contributed by atoms with Gasteiger partial charge in [0.2, 0.25) is 0 Å². The number of aromatic nitrogens is 1. The fourth-order valence-electron chi connectivity index (χ4n) is 5.33. The van der Waals surface area contributed by atoms with Crippen molar-refractivity contribution in [3.05, 3.63) is 65.9 Å². The van der Waals surface area contributed by atoms with Gasteiger partial charge in [0.25, 0.3) is 0 Å². The van der Waals surface area contributed by atoms with Crippen molar-refractivity contribution in [3.63, 3.8) is 0 Å². The molecule has 206 valence electrons. The largest absolute Gasteiger partial charge is 0.497 e. The van der Waals surface area contributed by atoms with Gasteiger partial charge < -0.3 is 19.8 Å². The Hall–Kier alpha value is -2.33. The number of benzene rings is 2. The Kier molecular flexibility index (Phi) is 9.92. The lowest BCUT2D eigenvalue weighted by atomic mass is 9.81. The van der Waals surface area contributed by atoms with Crippen LogP contribution in [0.2, 0.25) is 0 Å². The van der Waals surface area contributed by atoms with Crippen molar-refractivity contribution in [2.24, 2.45) is 11.8 Å². The second-order valence-electron chi connectivity index (χ2n) is 9.86. The molecule has 0 radical (unpaired) electrons. The highest BCUT2D eigenvalue weighted by Crippen LogP contribution is 2.37. The summed E-state index contributed by atoms with van der Waals surface area (Å²) in [7, 11) is 1.61. The van der Waals surface area contributed by atoms with E-state index < -0.39 is 17.8 Å². The van der Waals surface area contributed by atoms with Crippen LogP contribution in [0.1, 0.15) is 42.9 Å². The molecule has 38 heavy (non-hydrogen) atoms. The number of ether oxygens (including phenoxy) is 1. The van der Waals surface area contributed by atoms with Gasteiger partial charge in [0.05, 0.1) is 24.3 Å². The van der Waals surface area contributed by atoms with E-state index in [1.807, 2.05) is 24.3 Å². The van der Waals surface area contributed by atoms with Crippen LogP contribution in [-0.2, 0) is 6.18 Å². The standard InChI is InChI=1S/C29H35F3N2O3S/c1-37-22-8-9-26-24(17-22)23(11-13-33-26)27(36)10-7-20-12-15-34(18-21(20)19-35)14-4-16-38-28-6-3-2-5-25(28)29(30,31)32/h2-3,5-6,8-9,11,13,17,20-21,27,35-36H,4,7,10,12,14-16,18-19H2,1H3/t20-,21-,27-/m1/s1. The van der Waals surface area contributed by atoms with E-state index in [1.165, 1.54) is 23.9 Å². The number of halogens is 3. The van der Waals surface area contributed by atoms with Crippen LogP contribution in [0.4, 0.5) is 13.2 Å². The van der Waals surface area contributed by atoms with Gasteiger partial charge in [-0.3, -0.25) is 4.98 Å². The monoisotopic (exact) mass is 548 g/mol. The maximum atomic E-state index is 13.2. The number of likely N-dealkylation sites (tertiary alicyclic amines) is 1. The van der Waals surface area contributed by atoms with Crippen molar-refractivity contribution in [1.29, 1.82) is 0 Å². The van der Waals surface area contributed by atoms with Crippen molar-refractivity contribution in [2.75, 3.05) is 39.1 Å². The van der Waals surface area contributed by atoms with E-state index >= 15 is 0 Å². The molecule has 3 atom stereocenters. The number of piperidine rings is 1. The molecule has 0 unspecified atom stereocenters. The minimum absolute atomic E-state index is 0.0837. The smallest absolute Gasteiger partial charge is 0.417 e. The molecular weight excluding hydrogens is 513 g/mol. The molecule has 2 aromatic carbocycles. The van der Waals surface area contributed by atoms with E-state index in [0.717, 1.165) is 67.2 Å². The number of aliphatic hydroxyl groups is 2. The lowest BCUT2D eigenvalue weighted by Gasteiger charge is -2.38. The SMILES string of the molecule is COc1ccc2nccc([C@H](O)CC[C@@H]3CCN(CCCSc4ccccc4C(F)(F)F)C[C@@H]3CO)c2c1. The number of pyridine rings is 1. The maximum Gasteiger partial charge on any atom is 0.417 e. The first kappa shape index (κ1) is 28.7. The summed E-state index contributed by atoms with van der Waals surface area (Å²) in [6.07, 6.45) is -0.177. The molecule has 0 spiro atoms. The molecule has 1 fully saturated rings. The van der Waals surface area contributed by atoms with Gasteiger partial charge in [0.15, 0.2) is 0 Å². The average Bonchev–Trinajstić information content (AvgIpc) is 2.93. The van der Waals surface area contributed by atoms with Crippen LogP contribution in [0.5, 0.6) is 5.75 Å². The van der Waals surface area contributed by atoms with Crippen LogP contribution in [-0.4, -0.2) is 59.2 Å². The lowest BCUT2D eigenvalue weighted by molar-refractivity contribution is -0.139. The highest BCUT2D eigenvalue weighted by Gasteiger charge is 2.33. The minimum Gasteiger partial charge on any atom is -0.497 e. The fourth-order valence-corrected chi connectivity index (χ4v) is 6.34. The highest BCUT2D eigenvalue weighted by molar-refractivity contribution is 7.99. The molecule has 1 aliphatic rings. The first-order valence-electron chi connectivity index (χ1n) is 13.0. The van der Waals surface area contributed by atoms with Gasteiger partial charge in [-0.1, -0.05) is 12.1 Å². The van der Waals surface area contributed by atoms with Gasteiger partial charge in [-0.05, 0) is 98.3 Å². The Balaban J connectivity index is 1.26. The van der Waals surface area contributed by atoms with E-state index in [4.69, 9.17) is 4.74 Å². The number of thioether (sulfide) groups is 1. The summed E-state index contributed by atoms with van der Waals surface area (Å²) in [6, 6.07) is 13.2. The number of rotatable bonds is 11. The van der Waals surface area contributed by atoms with Crippen LogP contribution < -0.4 is 4.74 Å². The van der Waals surface area contributed by atoms with Crippen LogP contribution in [0.25, 0.3) is 10.9 Å². The van der Waals surface area contributed by atoms with Crippen LogP contribution in [0, 0.1) is 11.8 Å². The molecule has 0 amide bonds. The van der Waals surface area contributed by atoms with Gasteiger partial charge in [-0.15, -0.1) is 11.8 Å². The zero-order valence-electron chi connectivity index (χ0n) is 21.5. The summed E-state index contributed by atoms with van der Waals surface area (Å²) in [5.74, 6) is 1.74. The van der Waals surface area contributed by atoms with Crippen molar-refractivity contribution < 1.29 is 28.1 Å². The Morgan fingerprint density at radius 2 is 1.97 bits per heavy atom. The Labute approximate surface area is 226 Å². The molecule has 1 saturated heterocycles. The summed E-state index contributed by atoms with van der Waals surface area (Å²) in [4.78, 5) is 6.96. The summed E-state index contributed by atoms with van der Waals surface area (Å²) in [5.41, 5.74) is 1.06. The zero-order valence-corrected chi connectivity index (χ0v) is 22.3. The van der Waals surface area contributed by atoms with Crippen LogP contribution >= 0.6 is 11.8 Å². The molecule has 0 aliphatic carbocycles. The summed E-state index contributed by atoms with van der Waals surface area (Å²) in [5, 5.41) is 22.0. The fraction of sp³-hybridized carbons (Fsp3) is 0.483. The molecule has 0 saturated carbocycles. The Bertz CT molecular complexity index is 1190. The second-order valence-corrected chi connectivity index (χ2v) is 11.0. The van der Waals surface area contributed by atoms with Crippen molar-refractivity contribution in [1.82, 2.24) is 9.88 Å². The molecule has 0 bridgehead atoms. The molecule has 2 N–H and O–H groups in total. The Morgan fingerprint density at radius 3 is 2.74 bits per heavy atom. The first-order chi connectivity index (χ1) is 18.3. The normalized spacial score (nSPS) is 19.5. The molecule has 2 heterocycles. The van der Waals surface area contributed by atoms with Gasteiger partial charge in [0, 0.05) is 29.6 Å². The molecule has 3 aromatic rings. The predicted molar refractivity (Wildman–Crippen MR) is 144 cm³/mol. The molecular formula is C29H35F3N2O3S. The predicted octanol–water partition coefficient (Wildman–Crippen LogP) is 6.19. The van der Waals surface area contributed by atoms with E-state index in [1.54, 1.807) is 19.4 Å². The maximum absolute atomic E-state index is 13.2. The minimum atomic E-state index is -4.34. The molecule has 1 aromatic heterocycles. The molecule has 1 aliphatic heterocycles. The summed E-state index contributed by atoms with van der Waals surface area (Å²) < 4.78 is 45.0. The second kappa shape index (κ2) is 13.2. The van der Waals surface area contributed by atoms with E-state index in [9.17, 15) is 23.4 Å². The quantitative estimate of drug-likeness (QED) is 0.220. The third-order valence-electron chi connectivity index (χ3n) is 7.43. The summed E-state index contributed by atoms with van der Waals surface area (Å²) >= 11 is 1.25. The number of aliphatic hydroxyl groups excluding tert-OH is 2. The molecule has 4 rings (SSSR count). The lowest BCUT2D eigenvalue weighted by Crippen LogP contribution is -2.42. The summed E-state index contributed by atoms with van der Waals surface area (Å²) in [6.45, 7) is 2.52. The third-order valence-corrected chi connectivity index (χ3v) is 8.59. The molecule has 5 nitrogen and oxygen atoms in total. The van der Waals surface area contributed by atoms with E-state index in [-0.39, 0.29) is 17.4 Å². The van der Waals surface area contributed by atoms with Gasteiger partial charge >= 0.3 is 6.18 Å². The number of hydrogen-bond donors (Lipinski definition) is 2. The number of fused-ring (bicyclic) bond motifs is 1. The number of alkyl halides is 3. The van der Waals surface area contributed by atoms with E-state index in [2.05, 4.69) is 9.88 Å².